The van der Waals surface area contributed by atoms with Gasteiger partial charge in [0.1, 0.15) is 5.82 Å². The van der Waals surface area contributed by atoms with Crippen molar-refractivity contribution in [3.05, 3.63) is 85.2 Å². The van der Waals surface area contributed by atoms with Crippen LogP contribution in [0.5, 0.6) is 0 Å². The van der Waals surface area contributed by atoms with Crippen molar-refractivity contribution in [1.29, 1.82) is 0 Å². The first kappa shape index (κ1) is 20.9. The molecule has 30 heavy (non-hydrogen) atoms. The van der Waals surface area contributed by atoms with Crippen molar-refractivity contribution in [1.82, 2.24) is 14.9 Å². The zero-order chi connectivity index (χ0) is 21.5. The van der Waals surface area contributed by atoms with E-state index < -0.39 is 11.7 Å². The number of aromatic amines is 1. The van der Waals surface area contributed by atoms with Gasteiger partial charge in [0.15, 0.2) is 0 Å². The molecule has 1 aromatic heterocycles. The Morgan fingerprint density at radius 2 is 1.83 bits per heavy atom. The van der Waals surface area contributed by atoms with E-state index in [9.17, 15) is 18.0 Å². The molecule has 3 aromatic rings. The molecule has 156 valence electrons. The van der Waals surface area contributed by atoms with Crippen LogP contribution < -0.4 is 5.56 Å². The van der Waals surface area contributed by atoms with E-state index in [0.29, 0.717) is 52.9 Å². The van der Waals surface area contributed by atoms with Crippen LogP contribution in [0.3, 0.4) is 0 Å². The summed E-state index contributed by atoms with van der Waals surface area (Å²) in [5.41, 5.74) is 1.46. The highest BCUT2D eigenvalue weighted by Crippen LogP contribution is 2.31. The van der Waals surface area contributed by atoms with Crippen molar-refractivity contribution in [2.75, 3.05) is 6.54 Å². The van der Waals surface area contributed by atoms with Crippen molar-refractivity contribution in [2.24, 2.45) is 0 Å². The SMILES string of the molecule is O=c1[nH]c(-c2ccc(C(F)(F)F)cc2)nc2c1CN(Cc1cccc(Cl)c1Cl)CC2. The zero-order valence-corrected chi connectivity index (χ0v) is 17.1. The van der Waals surface area contributed by atoms with Crippen molar-refractivity contribution in [3.63, 3.8) is 0 Å². The Kier molecular flexibility index (Phi) is 5.61. The van der Waals surface area contributed by atoms with Crippen LogP contribution in [0.25, 0.3) is 11.4 Å². The number of fused-ring (bicyclic) bond motifs is 1. The molecule has 4 rings (SSSR count). The van der Waals surface area contributed by atoms with E-state index in [-0.39, 0.29) is 11.4 Å². The first-order valence-corrected chi connectivity index (χ1v) is 9.93. The number of nitrogens with one attached hydrogen (secondary N) is 1. The molecule has 0 atom stereocenters. The highest BCUT2D eigenvalue weighted by atomic mass is 35.5. The molecule has 4 nitrogen and oxygen atoms in total. The Morgan fingerprint density at radius 3 is 2.53 bits per heavy atom. The molecule has 0 saturated carbocycles. The van der Waals surface area contributed by atoms with Gasteiger partial charge in [0, 0.05) is 31.6 Å². The van der Waals surface area contributed by atoms with Crippen molar-refractivity contribution < 1.29 is 13.2 Å². The minimum Gasteiger partial charge on any atom is -0.306 e. The fraction of sp³-hybridized carbons (Fsp3) is 0.238. The minimum atomic E-state index is -4.41. The number of benzene rings is 2. The Hall–Kier alpha value is -2.35. The van der Waals surface area contributed by atoms with Crippen LogP contribution in [-0.4, -0.2) is 21.4 Å². The molecule has 1 N–H and O–H groups in total. The lowest BCUT2D eigenvalue weighted by molar-refractivity contribution is -0.137. The Bertz CT molecular complexity index is 1140. The maximum Gasteiger partial charge on any atom is 0.416 e. The topological polar surface area (TPSA) is 49.0 Å². The number of aromatic nitrogens is 2. The number of H-pyrrole nitrogens is 1. The van der Waals surface area contributed by atoms with Gasteiger partial charge in [-0.1, -0.05) is 47.5 Å². The third-order valence-corrected chi connectivity index (χ3v) is 5.92. The Morgan fingerprint density at radius 1 is 1.10 bits per heavy atom. The van der Waals surface area contributed by atoms with E-state index in [0.717, 1.165) is 17.7 Å². The van der Waals surface area contributed by atoms with Crippen molar-refractivity contribution in [2.45, 2.75) is 25.7 Å². The van der Waals surface area contributed by atoms with E-state index >= 15 is 0 Å². The summed E-state index contributed by atoms with van der Waals surface area (Å²) in [4.78, 5) is 21.9. The largest absolute Gasteiger partial charge is 0.416 e. The van der Waals surface area contributed by atoms with Crippen LogP contribution in [-0.2, 0) is 25.7 Å². The van der Waals surface area contributed by atoms with Crippen LogP contribution in [0.15, 0.2) is 47.3 Å². The molecular weight excluding hydrogens is 438 g/mol. The molecule has 0 spiro atoms. The van der Waals surface area contributed by atoms with E-state index in [1.807, 2.05) is 12.1 Å². The van der Waals surface area contributed by atoms with Gasteiger partial charge in [-0.2, -0.15) is 13.2 Å². The van der Waals surface area contributed by atoms with Gasteiger partial charge >= 0.3 is 6.18 Å². The molecule has 9 heteroatoms. The quantitative estimate of drug-likeness (QED) is 0.583. The summed E-state index contributed by atoms with van der Waals surface area (Å²) in [7, 11) is 0. The highest BCUT2D eigenvalue weighted by Gasteiger charge is 2.30. The molecule has 1 aliphatic rings. The van der Waals surface area contributed by atoms with Crippen LogP contribution in [0.1, 0.15) is 22.4 Å². The summed E-state index contributed by atoms with van der Waals surface area (Å²) in [5, 5.41) is 0.974. The molecule has 2 aromatic carbocycles. The molecular formula is C21H16Cl2F3N3O. The second-order valence-corrected chi connectivity index (χ2v) is 7.87. The van der Waals surface area contributed by atoms with Gasteiger partial charge in [0.05, 0.1) is 26.9 Å². The third kappa shape index (κ3) is 4.24. The summed E-state index contributed by atoms with van der Waals surface area (Å²) >= 11 is 12.3. The maximum atomic E-state index is 12.8. The molecule has 0 saturated heterocycles. The number of nitrogens with zero attached hydrogens (tertiary/aromatic N) is 2. The first-order valence-electron chi connectivity index (χ1n) is 9.17. The molecule has 0 radical (unpaired) electrons. The molecule has 0 aliphatic carbocycles. The van der Waals surface area contributed by atoms with Crippen LogP contribution in [0.2, 0.25) is 10.0 Å². The second-order valence-electron chi connectivity index (χ2n) is 7.09. The van der Waals surface area contributed by atoms with Crippen molar-refractivity contribution in [3.8, 4) is 11.4 Å². The summed E-state index contributed by atoms with van der Waals surface area (Å²) in [6.07, 6.45) is -3.87. The average molecular weight is 454 g/mol. The van der Waals surface area contributed by atoms with Gasteiger partial charge in [-0.15, -0.1) is 0 Å². The predicted molar refractivity (Wildman–Crippen MR) is 110 cm³/mol. The lowest BCUT2D eigenvalue weighted by Gasteiger charge is -2.28. The fourth-order valence-corrected chi connectivity index (χ4v) is 3.86. The standard InChI is InChI=1S/C21H16Cl2F3N3O/c22-16-3-1-2-13(18(16)23)10-29-9-8-17-15(11-29)20(30)28-19(27-17)12-4-6-14(7-5-12)21(24,25)26/h1-7H,8-11H2,(H,27,28,30). The second kappa shape index (κ2) is 8.06. The van der Waals surface area contributed by atoms with E-state index in [4.69, 9.17) is 23.2 Å². The fourth-order valence-electron chi connectivity index (χ4n) is 3.48. The molecule has 0 bridgehead atoms. The van der Waals surface area contributed by atoms with Gasteiger partial charge in [0.2, 0.25) is 0 Å². The molecule has 2 heterocycles. The smallest absolute Gasteiger partial charge is 0.306 e. The molecule has 0 amide bonds. The van der Waals surface area contributed by atoms with Gasteiger partial charge in [-0.3, -0.25) is 9.69 Å². The number of halogens is 5. The van der Waals surface area contributed by atoms with Crippen LogP contribution in [0, 0.1) is 0 Å². The van der Waals surface area contributed by atoms with E-state index in [1.165, 1.54) is 12.1 Å². The molecule has 0 fully saturated rings. The van der Waals surface area contributed by atoms with Gasteiger partial charge in [-0.25, -0.2) is 4.98 Å². The van der Waals surface area contributed by atoms with Gasteiger partial charge in [0.25, 0.3) is 5.56 Å². The zero-order valence-electron chi connectivity index (χ0n) is 15.6. The van der Waals surface area contributed by atoms with Gasteiger partial charge in [-0.05, 0) is 23.8 Å². The number of hydrogen-bond donors (Lipinski definition) is 1. The highest BCUT2D eigenvalue weighted by molar-refractivity contribution is 6.42. The third-order valence-electron chi connectivity index (χ3n) is 5.06. The maximum absolute atomic E-state index is 12.8. The number of hydrogen-bond acceptors (Lipinski definition) is 3. The van der Waals surface area contributed by atoms with Crippen LogP contribution >= 0.6 is 23.2 Å². The van der Waals surface area contributed by atoms with E-state index in [1.54, 1.807) is 6.07 Å². The summed E-state index contributed by atoms with van der Waals surface area (Å²) in [6.45, 7) is 1.60. The van der Waals surface area contributed by atoms with Crippen molar-refractivity contribution >= 4 is 23.2 Å². The minimum absolute atomic E-state index is 0.263. The monoisotopic (exact) mass is 453 g/mol. The van der Waals surface area contributed by atoms with Gasteiger partial charge < -0.3 is 4.98 Å². The Labute approximate surface area is 180 Å². The average Bonchev–Trinajstić information content (AvgIpc) is 2.71. The lowest BCUT2D eigenvalue weighted by Crippen LogP contribution is -2.35. The Balaban J connectivity index is 1.57. The van der Waals surface area contributed by atoms with Crippen LogP contribution in [0.4, 0.5) is 13.2 Å². The summed E-state index contributed by atoms with van der Waals surface area (Å²) in [5.74, 6) is 0.263. The first-order chi connectivity index (χ1) is 14.2. The lowest BCUT2D eigenvalue weighted by atomic mass is 10.0. The van der Waals surface area contributed by atoms with E-state index in [2.05, 4.69) is 14.9 Å². The molecule has 0 unspecified atom stereocenters. The number of rotatable bonds is 3. The summed E-state index contributed by atoms with van der Waals surface area (Å²) < 4.78 is 38.3. The number of alkyl halides is 3. The normalized spacial score (nSPS) is 14.6. The molecule has 1 aliphatic heterocycles. The predicted octanol–water partition coefficient (Wildman–Crippen LogP) is 5.32. The summed E-state index contributed by atoms with van der Waals surface area (Å²) in [6, 6.07) is 10.0.